The van der Waals surface area contributed by atoms with E-state index in [1.807, 2.05) is 13.0 Å². The number of sulfonamides is 1. The van der Waals surface area contributed by atoms with Gasteiger partial charge in [-0.15, -0.1) is 0 Å². The number of nitrogens with zero attached hydrogens (tertiary/aromatic N) is 1. The minimum absolute atomic E-state index is 0.126. The van der Waals surface area contributed by atoms with Gasteiger partial charge in [-0.3, -0.25) is 4.79 Å². The van der Waals surface area contributed by atoms with Crippen molar-refractivity contribution in [1.82, 2.24) is 4.83 Å². The fraction of sp³-hybridized carbons (Fsp3) is 0.217. The second kappa shape index (κ2) is 8.80. The Bertz CT molecular complexity index is 1310. The molecule has 1 aliphatic rings. The third-order valence-electron chi connectivity index (χ3n) is 5.32. The highest BCUT2D eigenvalue weighted by molar-refractivity contribution is 7.89. The maximum absolute atomic E-state index is 12.9. The van der Waals surface area contributed by atoms with Gasteiger partial charge in [-0.25, -0.2) is 0 Å². The van der Waals surface area contributed by atoms with Crippen molar-refractivity contribution in [2.45, 2.75) is 38.0 Å². The molecule has 0 atom stereocenters. The van der Waals surface area contributed by atoms with Crippen LogP contribution < -0.4 is 10.1 Å². The molecule has 1 aromatic heterocycles. The van der Waals surface area contributed by atoms with E-state index in [4.69, 9.17) is 16.0 Å². The first kappa shape index (κ1) is 22.1. The topological polar surface area (TPSA) is 101 Å². The summed E-state index contributed by atoms with van der Waals surface area (Å²) < 4.78 is 30.9. The fourth-order valence-electron chi connectivity index (χ4n) is 3.62. The molecular formula is C23H22ClN3O4S. The smallest absolute Gasteiger partial charge is 0.291 e. The number of hydrazone groups is 1. The van der Waals surface area contributed by atoms with E-state index in [1.54, 1.807) is 37.3 Å². The minimum Gasteiger partial charge on any atom is -0.455 e. The first-order valence-corrected chi connectivity index (χ1v) is 12.0. The molecule has 3 aromatic rings. The van der Waals surface area contributed by atoms with Gasteiger partial charge in [0.05, 0.1) is 10.6 Å². The van der Waals surface area contributed by atoms with Crippen molar-refractivity contribution in [3.8, 4) is 0 Å². The molecule has 7 nitrogen and oxygen atoms in total. The van der Waals surface area contributed by atoms with E-state index in [1.165, 1.54) is 12.1 Å². The monoisotopic (exact) mass is 471 g/mol. The molecule has 0 saturated carbocycles. The lowest BCUT2D eigenvalue weighted by molar-refractivity contribution is 0.0994. The number of anilines is 1. The van der Waals surface area contributed by atoms with Crippen molar-refractivity contribution >= 4 is 38.9 Å². The van der Waals surface area contributed by atoms with Gasteiger partial charge < -0.3 is 9.73 Å². The van der Waals surface area contributed by atoms with Crippen LogP contribution in [0.1, 0.15) is 45.8 Å². The lowest BCUT2D eigenvalue weighted by Gasteiger charge is -2.14. The summed E-state index contributed by atoms with van der Waals surface area (Å²) in [6.45, 7) is 3.65. The van der Waals surface area contributed by atoms with E-state index in [9.17, 15) is 13.2 Å². The van der Waals surface area contributed by atoms with Crippen LogP contribution in [0.4, 0.5) is 5.69 Å². The van der Waals surface area contributed by atoms with Crippen molar-refractivity contribution in [3.63, 3.8) is 0 Å². The molecule has 2 aromatic carbocycles. The number of benzene rings is 2. The Kier molecular flexibility index (Phi) is 6.08. The largest absolute Gasteiger partial charge is 0.455 e. The zero-order valence-corrected chi connectivity index (χ0v) is 19.2. The second-order valence-corrected chi connectivity index (χ2v) is 9.66. The van der Waals surface area contributed by atoms with Gasteiger partial charge in [0.15, 0.2) is 5.76 Å². The fourth-order valence-corrected chi connectivity index (χ4v) is 4.65. The Morgan fingerprint density at radius 3 is 2.56 bits per heavy atom. The van der Waals surface area contributed by atoms with Gasteiger partial charge in [-0.1, -0.05) is 35.9 Å². The van der Waals surface area contributed by atoms with Gasteiger partial charge in [-0.05, 0) is 56.5 Å². The molecule has 0 aliphatic heterocycles. The average molecular weight is 472 g/mol. The number of nitrogens with one attached hydrogen (secondary N) is 2. The van der Waals surface area contributed by atoms with Crippen molar-refractivity contribution in [3.05, 3.63) is 81.8 Å². The van der Waals surface area contributed by atoms with Crippen LogP contribution in [-0.4, -0.2) is 20.0 Å². The first-order chi connectivity index (χ1) is 15.3. The van der Waals surface area contributed by atoms with Gasteiger partial charge in [0.1, 0.15) is 5.76 Å². The van der Waals surface area contributed by atoms with E-state index in [2.05, 4.69) is 15.2 Å². The Morgan fingerprint density at radius 1 is 1.09 bits per heavy atom. The van der Waals surface area contributed by atoms with E-state index in [-0.39, 0.29) is 10.7 Å². The highest BCUT2D eigenvalue weighted by Crippen LogP contribution is 2.31. The number of amides is 1. The maximum atomic E-state index is 12.9. The summed E-state index contributed by atoms with van der Waals surface area (Å²) >= 11 is 6.15. The molecule has 0 spiro atoms. The van der Waals surface area contributed by atoms with Crippen LogP contribution in [-0.2, 0) is 16.4 Å². The summed E-state index contributed by atoms with van der Waals surface area (Å²) in [5, 5.41) is 7.54. The minimum atomic E-state index is -3.79. The molecule has 1 heterocycles. The standard InChI is InChI=1S/C23H22ClN3O4S/c1-14-11-12-16(13-18(14)24)25-23(28)22-15(2)21-19(9-6-10-20(21)31-22)26-27-32(29,30)17-7-4-3-5-8-17/h3-5,7-8,11-13,27H,6,9-10H2,1-2H3,(H,25,28)/b26-19+. The Labute approximate surface area is 191 Å². The molecule has 1 amide bonds. The number of hydrogen-bond donors (Lipinski definition) is 2. The number of fused-ring (bicyclic) bond motifs is 1. The summed E-state index contributed by atoms with van der Waals surface area (Å²) in [5.74, 6) is 0.395. The van der Waals surface area contributed by atoms with Gasteiger partial charge in [-0.2, -0.15) is 18.4 Å². The van der Waals surface area contributed by atoms with Gasteiger partial charge in [0, 0.05) is 28.3 Å². The zero-order chi connectivity index (χ0) is 22.9. The molecule has 166 valence electrons. The number of carbonyl (C=O) groups excluding carboxylic acids is 1. The van der Waals surface area contributed by atoms with Crippen LogP contribution >= 0.6 is 11.6 Å². The Balaban J connectivity index is 1.60. The van der Waals surface area contributed by atoms with Crippen molar-refractivity contribution < 1.29 is 17.6 Å². The predicted molar refractivity (Wildman–Crippen MR) is 124 cm³/mol. The summed E-state index contributed by atoms with van der Waals surface area (Å²) in [5.41, 5.74) is 3.31. The summed E-state index contributed by atoms with van der Waals surface area (Å²) in [7, 11) is -3.79. The number of rotatable bonds is 5. The van der Waals surface area contributed by atoms with Crippen LogP contribution in [0.3, 0.4) is 0 Å². The van der Waals surface area contributed by atoms with Gasteiger partial charge in [0.2, 0.25) is 0 Å². The maximum Gasteiger partial charge on any atom is 0.291 e. The van der Waals surface area contributed by atoms with E-state index in [0.717, 1.165) is 12.0 Å². The normalized spacial score (nSPS) is 14.8. The number of furan rings is 1. The summed E-state index contributed by atoms with van der Waals surface area (Å²) in [6.07, 6.45) is 1.95. The molecular weight excluding hydrogens is 450 g/mol. The van der Waals surface area contributed by atoms with E-state index < -0.39 is 15.9 Å². The SMILES string of the molecule is Cc1ccc(NC(=O)c2oc3c(c2C)/C(=N/NS(=O)(=O)c2ccccc2)CCC3)cc1Cl. The van der Waals surface area contributed by atoms with E-state index >= 15 is 0 Å². The third-order valence-corrected chi connectivity index (χ3v) is 6.95. The molecule has 0 radical (unpaired) electrons. The van der Waals surface area contributed by atoms with Gasteiger partial charge in [0.25, 0.3) is 15.9 Å². The number of aryl methyl sites for hydroxylation is 2. The molecule has 0 fully saturated rings. The summed E-state index contributed by atoms with van der Waals surface area (Å²) in [4.78, 5) is 15.3. The van der Waals surface area contributed by atoms with Crippen molar-refractivity contribution in [1.29, 1.82) is 0 Å². The van der Waals surface area contributed by atoms with Crippen molar-refractivity contribution in [2.24, 2.45) is 5.10 Å². The zero-order valence-electron chi connectivity index (χ0n) is 17.6. The molecule has 2 N–H and O–H groups in total. The van der Waals surface area contributed by atoms with Crippen LogP contribution in [0.5, 0.6) is 0 Å². The molecule has 0 unspecified atom stereocenters. The number of carbonyl (C=O) groups is 1. The molecule has 9 heteroatoms. The Morgan fingerprint density at radius 2 is 1.84 bits per heavy atom. The lowest BCUT2D eigenvalue weighted by atomic mass is 9.93. The first-order valence-electron chi connectivity index (χ1n) is 10.1. The predicted octanol–water partition coefficient (Wildman–Crippen LogP) is 4.82. The van der Waals surface area contributed by atoms with Crippen LogP contribution in [0.15, 0.2) is 62.9 Å². The molecule has 0 bridgehead atoms. The quantitative estimate of drug-likeness (QED) is 0.521. The molecule has 1 aliphatic carbocycles. The summed E-state index contributed by atoms with van der Waals surface area (Å²) in [6, 6.07) is 13.3. The molecule has 4 rings (SSSR count). The van der Waals surface area contributed by atoms with Crippen LogP contribution in [0.2, 0.25) is 5.02 Å². The second-order valence-electron chi connectivity index (χ2n) is 7.59. The van der Waals surface area contributed by atoms with Crippen LogP contribution in [0, 0.1) is 13.8 Å². The lowest BCUT2D eigenvalue weighted by Crippen LogP contribution is -2.22. The van der Waals surface area contributed by atoms with Crippen LogP contribution in [0.25, 0.3) is 0 Å². The molecule has 32 heavy (non-hydrogen) atoms. The van der Waals surface area contributed by atoms with Gasteiger partial charge >= 0.3 is 0 Å². The average Bonchev–Trinajstić information content (AvgIpc) is 3.13. The Hall–Kier alpha value is -3.10. The number of hydrogen-bond acceptors (Lipinski definition) is 5. The third kappa shape index (κ3) is 4.42. The van der Waals surface area contributed by atoms with E-state index in [0.29, 0.717) is 46.2 Å². The highest BCUT2D eigenvalue weighted by Gasteiger charge is 2.28. The van der Waals surface area contributed by atoms with Crippen molar-refractivity contribution in [2.75, 3.05) is 5.32 Å². The molecule has 0 saturated heterocycles. The highest BCUT2D eigenvalue weighted by atomic mass is 35.5. The number of halogens is 1.